The highest BCUT2D eigenvalue weighted by atomic mass is 19.1. The van der Waals surface area contributed by atoms with Gasteiger partial charge in [0.25, 0.3) is 0 Å². The number of fused-ring (bicyclic) bond motifs is 1. The molecule has 1 aliphatic carbocycles. The molecule has 3 heteroatoms. The zero-order valence-corrected chi connectivity index (χ0v) is 12.3. The van der Waals surface area contributed by atoms with E-state index in [0.717, 1.165) is 37.2 Å². The highest BCUT2D eigenvalue weighted by Gasteiger charge is 2.40. The predicted molar refractivity (Wildman–Crippen MR) is 78.6 cm³/mol. The van der Waals surface area contributed by atoms with Crippen molar-refractivity contribution in [1.82, 2.24) is 5.32 Å². The minimum Gasteiger partial charge on any atom is -0.490 e. The van der Waals surface area contributed by atoms with E-state index < -0.39 is 0 Å². The summed E-state index contributed by atoms with van der Waals surface area (Å²) in [6, 6.07) is 4.88. The van der Waals surface area contributed by atoms with Crippen LogP contribution in [0.25, 0.3) is 0 Å². The highest BCUT2D eigenvalue weighted by Crippen LogP contribution is 2.46. The van der Waals surface area contributed by atoms with Crippen LogP contribution in [0.3, 0.4) is 0 Å². The van der Waals surface area contributed by atoms with Gasteiger partial charge >= 0.3 is 0 Å². The Balaban J connectivity index is 1.58. The van der Waals surface area contributed by atoms with E-state index in [0.29, 0.717) is 5.41 Å². The van der Waals surface area contributed by atoms with Crippen molar-refractivity contribution < 1.29 is 9.13 Å². The number of nitrogens with one attached hydrogen (secondary N) is 1. The Hall–Kier alpha value is -1.09. The summed E-state index contributed by atoms with van der Waals surface area (Å²) in [5, 5.41) is 3.57. The average Bonchev–Trinajstić information content (AvgIpc) is 2.77. The van der Waals surface area contributed by atoms with Crippen molar-refractivity contribution in [3.8, 4) is 5.75 Å². The van der Waals surface area contributed by atoms with Gasteiger partial charge < -0.3 is 10.1 Å². The van der Waals surface area contributed by atoms with Gasteiger partial charge in [-0.25, -0.2) is 4.39 Å². The first kappa shape index (κ1) is 13.9. The molecule has 1 unspecified atom stereocenters. The van der Waals surface area contributed by atoms with Gasteiger partial charge in [0.05, 0.1) is 0 Å². The Kier molecular flexibility index (Phi) is 3.97. The van der Waals surface area contributed by atoms with Gasteiger partial charge in [0.2, 0.25) is 0 Å². The maximum Gasteiger partial charge on any atom is 0.123 e. The highest BCUT2D eigenvalue weighted by molar-refractivity contribution is 5.38. The van der Waals surface area contributed by atoms with Crippen molar-refractivity contribution in [2.45, 2.75) is 51.6 Å². The Morgan fingerprint density at radius 1 is 1.40 bits per heavy atom. The Labute approximate surface area is 120 Å². The zero-order chi connectivity index (χ0) is 14.0. The summed E-state index contributed by atoms with van der Waals surface area (Å²) in [6.07, 6.45) is 7.31. The molecular weight excluding hydrogens is 253 g/mol. The molecule has 0 aromatic heterocycles. The van der Waals surface area contributed by atoms with Crippen LogP contribution in [-0.4, -0.2) is 19.2 Å². The molecule has 1 aromatic rings. The molecule has 0 amide bonds. The number of ether oxygens (including phenoxy) is 1. The van der Waals surface area contributed by atoms with Crippen LogP contribution in [0.2, 0.25) is 0 Å². The van der Waals surface area contributed by atoms with Gasteiger partial charge in [0.1, 0.15) is 17.7 Å². The van der Waals surface area contributed by atoms with Crippen LogP contribution in [0.4, 0.5) is 4.39 Å². The lowest BCUT2D eigenvalue weighted by atomic mass is 9.65. The van der Waals surface area contributed by atoms with Crippen LogP contribution < -0.4 is 10.1 Å². The van der Waals surface area contributed by atoms with Crippen LogP contribution in [0.5, 0.6) is 5.75 Å². The van der Waals surface area contributed by atoms with Crippen LogP contribution in [0.15, 0.2) is 18.2 Å². The van der Waals surface area contributed by atoms with Crippen LogP contribution >= 0.6 is 0 Å². The largest absolute Gasteiger partial charge is 0.490 e. The predicted octanol–water partition coefficient (Wildman–Crippen LogP) is 3.69. The second kappa shape index (κ2) is 5.72. The Morgan fingerprint density at radius 3 is 2.95 bits per heavy atom. The summed E-state index contributed by atoms with van der Waals surface area (Å²) in [4.78, 5) is 0. The van der Waals surface area contributed by atoms with Crippen LogP contribution in [0.1, 0.15) is 44.6 Å². The molecule has 2 nitrogen and oxygen atoms in total. The van der Waals surface area contributed by atoms with Crippen molar-refractivity contribution >= 4 is 0 Å². The van der Waals surface area contributed by atoms with E-state index in [4.69, 9.17) is 4.74 Å². The van der Waals surface area contributed by atoms with Crippen molar-refractivity contribution in [3.63, 3.8) is 0 Å². The second-order valence-electron chi connectivity index (χ2n) is 6.43. The van der Waals surface area contributed by atoms with E-state index in [1.165, 1.54) is 31.7 Å². The van der Waals surface area contributed by atoms with Crippen LogP contribution in [-0.2, 0) is 6.42 Å². The molecule has 2 aliphatic rings. The molecule has 1 saturated carbocycles. The fourth-order valence-electron chi connectivity index (χ4n) is 3.55. The first-order valence-corrected chi connectivity index (χ1v) is 7.87. The molecule has 0 saturated heterocycles. The third kappa shape index (κ3) is 2.83. The van der Waals surface area contributed by atoms with E-state index in [9.17, 15) is 4.39 Å². The summed E-state index contributed by atoms with van der Waals surface area (Å²) in [5.41, 5.74) is 1.45. The number of hydrogen-bond donors (Lipinski definition) is 1. The molecule has 1 atom stereocenters. The molecule has 20 heavy (non-hydrogen) atoms. The minimum absolute atomic E-state index is 0.157. The Morgan fingerprint density at radius 2 is 2.25 bits per heavy atom. The lowest BCUT2D eigenvalue weighted by Gasteiger charge is -2.43. The van der Waals surface area contributed by atoms with Gasteiger partial charge in [-0.3, -0.25) is 0 Å². The maximum absolute atomic E-state index is 13.2. The van der Waals surface area contributed by atoms with Gasteiger partial charge in [-0.1, -0.05) is 13.3 Å². The number of hydrogen-bond acceptors (Lipinski definition) is 2. The Bertz CT molecular complexity index is 470. The van der Waals surface area contributed by atoms with Gasteiger partial charge in [0, 0.05) is 18.5 Å². The summed E-state index contributed by atoms with van der Waals surface area (Å²) in [5.74, 6) is 0.725. The van der Waals surface area contributed by atoms with E-state index in [2.05, 4.69) is 12.2 Å². The molecular formula is C17H24FNO. The molecule has 3 rings (SSSR count). The van der Waals surface area contributed by atoms with Crippen LogP contribution in [0, 0.1) is 11.2 Å². The van der Waals surface area contributed by atoms with Crippen molar-refractivity contribution in [3.05, 3.63) is 29.6 Å². The minimum atomic E-state index is -0.157. The smallest absolute Gasteiger partial charge is 0.123 e. The molecule has 0 bridgehead atoms. The molecule has 1 N–H and O–H groups in total. The average molecular weight is 277 g/mol. The van der Waals surface area contributed by atoms with E-state index in [1.54, 1.807) is 12.1 Å². The molecule has 1 fully saturated rings. The third-order valence-electron chi connectivity index (χ3n) is 4.77. The normalized spacial score (nSPS) is 23.0. The van der Waals surface area contributed by atoms with E-state index in [1.807, 2.05) is 0 Å². The number of benzene rings is 1. The second-order valence-corrected chi connectivity index (χ2v) is 6.43. The van der Waals surface area contributed by atoms with Gasteiger partial charge in [-0.05, 0) is 55.8 Å². The SMILES string of the molecule is CCCNCC1(CC2Cc3cc(F)ccc3O2)CCC1. The summed E-state index contributed by atoms with van der Waals surface area (Å²) in [6.45, 7) is 4.40. The fourth-order valence-corrected chi connectivity index (χ4v) is 3.55. The molecule has 0 spiro atoms. The van der Waals surface area contributed by atoms with Gasteiger partial charge in [-0.2, -0.15) is 0 Å². The fraction of sp³-hybridized carbons (Fsp3) is 0.647. The first-order chi connectivity index (χ1) is 9.71. The van der Waals surface area contributed by atoms with E-state index >= 15 is 0 Å². The van der Waals surface area contributed by atoms with Crippen molar-refractivity contribution in [1.29, 1.82) is 0 Å². The summed E-state index contributed by atoms with van der Waals surface area (Å²) >= 11 is 0. The third-order valence-corrected chi connectivity index (χ3v) is 4.77. The molecule has 1 aliphatic heterocycles. The van der Waals surface area contributed by atoms with Gasteiger partial charge in [0.15, 0.2) is 0 Å². The summed E-state index contributed by atoms with van der Waals surface area (Å²) in [7, 11) is 0. The van der Waals surface area contributed by atoms with E-state index in [-0.39, 0.29) is 11.9 Å². The molecule has 0 radical (unpaired) electrons. The van der Waals surface area contributed by atoms with Gasteiger partial charge in [-0.15, -0.1) is 0 Å². The first-order valence-electron chi connectivity index (χ1n) is 7.87. The van der Waals surface area contributed by atoms with Crippen molar-refractivity contribution in [2.24, 2.45) is 5.41 Å². The molecule has 1 heterocycles. The number of rotatable bonds is 6. The topological polar surface area (TPSA) is 21.3 Å². The lowest BCUT2D eigenvalue weighted by molar-refractivity contribution is 0.0610. The standard InChI is InChI=1S/C17H24FNO/c1-2-8-19-12-17(6-3-7-17)11-15-10-13-9-14(18)4-5-16(13)20-15/h4-5,9,15,19H,2-3,6-8,10-12H2,1H3. The molecule has 110 valence electrons. The maximum atomic E-state index is 13.2. The molecule has 1 aromatic carbocycles. The monoisotopic (exact) mass is 277 g/mol. The lowest BCUT2D eigenvalue weighted by Crippen LogP contribution is -2.43. The van der Waals surface area contributed by atoms with Crippen molar-refractivity contribution in [2.75, 3.05) is 13.1 Å². The number of halogens is 1. The summed E-state index contributed by atoms with van der Waals surface area (Å²) < 4.78 is 19.2. The zero-order valence-electron chi connectivity index (χ0n) is 12.3. The quantitative estimate of drug-likeness (QED) is 0.801.